The van der Waals surface area contributed by atoms with E-state index in [2.05, 4.69) is 34.6 Å². The summed E-state index contributed by atoms with van der Waals surface area (Å²) < 4.78 is 11.7. The molecule has 7 nitrogen and oxygen atoms in total. The number of nitrogens with zero attached hydrogens (tertiary/aromatic N) is 2. The van der Waals surface area contributed by atoms with Gasteiger partial charge in [0.2, 0.25) is 0 Å². The Bertz CT molecular complexity index is 1060. The van der Waals surface area contributed by atoms with Crippen LogP contribution in [-0.2, 0) is 13.0 Å². The van der Waals surface area contributed by atoms with Gasteiger partial charge in [0.1, 0.15) is 11.5 Å². The van der Waals surface area contributed by atoms with Crippen molar-refractivity contribution in [1.82, 2.24) is 10.4 Å². The zero-order valence-electron chi connectivity index (χ0n) is 17.8. The normalized spacial score (nSPS) is 10.9. The molecule has 1 heterocycles. The number of benzene rings is 2. The number of hydrazone groups is 1. The number of anilines is 1. The minimum Gasteiger partial charge on any atom is -0.490 e. The van der Waals surface area contributed by atoms with Gasteiger partial charge in [-0.25, -0.2) is 10.4 Å². The first-order valence-corrected chi connectivity index (χ1v) is 10.9. The SMILES string of the molecule is CCOc1cc(/C=N/NC(=O)c2sc(N)nc2CC)ccc1OCc1ccc(C)cc1. The van der Waals surface area contributed by atoms with Crippen LogP contribution in [0.4, 0.5) is 5.13 Å². The van der Waals surface area contributed by atoms with Crippen LogP contribution >= 0.6 is 11.3 Å². The van der Waals surface area contributed by atoms with Crippen LogP contribution < -0.4 is 20.6 Å². The molecule has 3 N–H and O–H groups in total. The van der Waals surface area contributed by atoms with Gasteiger partial charge in [0.15, 0.2) is 16.6 Å². The number of nitrogen functional groups attached to an aromatic ring is 1. The topological polar surface area (TPSA) is 98.8 Å². The lowest BCUT2D eigenvalue weighted by molar-refractivity contribution is 0.0958. The van der Waals surface area contributed by atoms with Gasteiger partial charge in [-0.05, 0) is 49.6 Å². The molecule has 0 spiro atoms. The van der Waals surface area contributed by atoms with E-state index in [1.165, 1.54) is 5.56 Å². The number of nitrogens with one attached hydrogen (secondary N) is 1. The molecule has 31 heavy (non-hydrogen) atoms. The molecule has 0 atom stereocenters. The van der Waals surface area contributed by atoms with Crippen molar-refractivity contribution in [3.63, 3.8) is 0 Å². The van der Waals surface area contributed by atoms with E-state index < -0.39 is 0 Å². The molecule has 8 heteroatoms. The number of aryl methyl sites for hydroxylation is 2. The van der Waals surface area contributed by atoms with Crippen molar-refractivity contribution in [2.75, 3.05) is 12.3 Å². The highest BCUT2D eigenvalue weighted by molar-refractivity contribution is 7.17. The highest BCUT2D eigenvalue weighted by atomic mass is 32.1. The molecule has 0 aliphatic carbocycles. The molecular formula is C23H26N4O3S. The lowest BCUT2D eigenvalue weighted by Crippen LogP contribution is -2.17. The molecule has 0 unspecified atom stereocenters. The van der Waals surface area contributed by atoms with Crippen LogP contribution in [-0.4, -0.2) is 23.7 Å². The summed E-state index contributed by atoms with van der Waals surface area (Å²) in [4.78, 5) is 17.0. The number of thiazole rings is 1. The summed E-state index contributed by atoms with van der Waals surface area (Å²) in [5.74, 6) is 0.940. The van der Waals surface area contributed by atoms with Crippen molar-refractivity contribution >= 4 is 28.6 Å². The van der Waals surface area contributed by atoms with Crippen LogP contribution in [0.1, 0.15) is 45.9 Å². The quantitative estimate of drug-likeness (QED) is 0.382. The number of hydrogen-bond donors (Lipinski definition) is 2. The Labute approximate surface area is 185 Å². The Morgan fingerprint density at radius 2 is 1.94 bits per heavy atom. The largest absolute Gasteiger partial charge is 0.490 e. The predicted molar refractivity (Wildman–Crippen MR) is 124 cm³/mol. The van der Waals surface area contributed by atoms with Crippen molar-refractivity contribution in [3.05, 3.63) is 69.7 Å². The zero-order chi connectivity index (χ0) is 22.2. The summed E-state index contributed by atoms with van der Waals surface area (Å²) in [6.45, 7) is 6.84. The van der Waals surface area contributed by atoms with E-state index in [1.54, 1.807) is 6.21 Å². The molecule has 1 aromatic heterocycles. The van der Waals surface area contributed by atoms with Gasteiger partial charge in [-0.15, -0.1) is 0 Å². The highest BCUT2D eigenvalue weighted by Gasteiger charge is 2.15. The van der Waals surface area contributed by atoms with Gasteiger partial charge in [-0.3, -0.25) is 4.79 Å². The smallest absolute Gasteiger partial charge is 0.283 e. The fourth-order valence-corrected chi connectivity index (χ4v) is 3.65. The maximum absolute atomic E-state index is 12.3. The number of amides is 1. The molecule has 0 bridgehead atoms. The Morgan fingerprint density at radius 1 is 1.16 bits per heavy atom. The van der Waals surface area contributed by atoms with E-state index in [9.17, 15) is 4.79 Å². The van der Waals surface area contributed by atoms with Crippen LogP contribution in [0.2, 0.25) is 0 Å². The molecule has 162 valence electrons. The summed E-state index contributed by atoms with van der Waals surface area (Å²) in [6.07, 6.45) is 2.18. The van der Waals surface area contributed by atoms with Gasteiger partial charge in [0, 0.05) is 0 Å². The summed E-state index contributed by atoms with van der Waals surface area (Å²) in [5.41, 5.74) is 12.0. The van der Waals surface area contributed by atoms with Crippen molar-refractivity contribution in [3.8, 4) is 11.5 Å². The summed E-state index contributed by atoms with van der Waals surface area (Å²) in [6, 6.07) is 13.7. The molecule has 0 aliphatic heterocycles. The van der Waals surface area contributed by atoms with Crippen molar-refractivity contribution in [1.29, 1.82) is 0 Å². The van der Waals surface area contributed by atoms with E-state index in [0.29, 0.717) is 46.8 Å². The van der Waals surface area contributed by atoms with Crippen molar-refractivity contribution in [2.24, 2.45) is 5.10 Å². The number of aromatic nitrogens is 1. The molecule has 0 fully saturated rings. The minimum absolute atomic E-state index is 0.328. The Kier molecular flexibility index (Phi) is 7.61. The maximum Gasteiger partial charge on any atom is 0.283 e. The third kappa shape index (κ3) is 6.05. The van der Waals surface area contributed by atoms with Gasteiger partial charge in [-0.2, -0.15) is 5.10 Å². The second-order valence-corrected chi connectivity index (χ2v) is 7.82. The van der Waals surface area contributed by atoms with Gasteiger partial charge in [0.05, 0.1) is 18.5 Å². The van der Waals surface area contributed by atoms with Crippen molar-refractivity contribution < 1.29 is 14.3 Å². The molecule has 3 rings (SSSR count). The summed E-state index contributed by atoms with van der Waals surface area (Å²) >= 11 is 1.15. The Hall–Kier alpha value is -3.39. The zero-order valence-corrected chi connectivity index (χ0v) is 18.7. The predicted octanol–water partition coefficient (Wildman–Crippen LogP) is 4.34. The van der Waals surface area contributed by atoms with E-state index in [0.717, 1.165) is 22.5 Å². The van der Waals surface area contributed by atoms with Crippen LogP contribution in [0, 0.1) is 6.92 Å². The minimum atomic E-state index is -0.328. The van der Waals surface area contributed by atoms with E-state index in [1.807, 2.05) is 44.2 Å². The lowest BCUT2D eigenvalue weighted by Gasteiger charge is -2.12. The first-order chi connectivity index (χ1) is 15.0. The number of rotatable bonds is 9. The standard InChI is InChI=1S/C23H26N4O3S/c1-4-18-21(31-23(24)26-18)22(28)27-25-13-17-10-11-19(20(12-17)29-5-2)30-14-16-8-6-15(3)7-9-16/h6-13H,4-5,14H2,1-3H3,(H2,24,26)(H,27,28)/b25-13+. The van der Waals surface area contributed by atoms with Crippen LogP contribution in [0.5, 0.6) is 11.5 Å². The van der Waals surface area contributed by atoms with Gasteiger partial charge >= 0.3 is 0 Å². The van der Waals surface area contributed by atoms with Gasteiger partial charge in [0.25, 0.3) is 5.91 Å². The van der Waals surface area contributed by atoms with Crippen LogP contribution in [0.25, 0.3) is 0 Å². The molecule has 3 aromatic rings. The molecule has 1 amide bonds. The van der Waals surface area contributed by atoms with Crippen LogP contribution in [0.15, 0.2) is 47.6 Å². The molecule has 0 aliphatic rings. The number of carbonyl (C=O) groups is 1. The fourth-order valence-electron chi connectivity index (χ4n) is 2.84. The molecule has 2 aromatic carbocycles. The third-order valence-electron chi connectivity index (χ3n) is 4.42. The van der Waals surface area contributed by atoms with Crippen molar-refractivity contribution in [2.45, 2.75) is 33.8 Å². The molecular weight excluding hydrogens is 412 g/mol. The average molecular weight is 439 g/mol. The third-order valence-corrected chi connectivity index (χ3v) is 5.34. The van der Waals surface area contributed by atoms with Crippen LogP contribution in [0.3, 0.4) is 0 Å². The monoisotopic (exact) mass is 438 g/mol. The average Bonchev–Trinajstić information content (AvgIpc) is 3.15. The Balaban J connectivity index is 1.66. The number of ether oxygens (including phenoxy) is 2. The molecule has 0 saturated heterocycles. The van der Waals surface area contributed by atoms with Gasteiger partial charge in [-0.1, -0.05) is 48.1 Å². The lowest BCUT2D eigenvalue weighted by atomic mass is 10.2. The van der Waals surface area contributed by atoms with E-state index >= 15 is 0 Å². The first kappa shape index (κ1) is 22.3. The first-order valence-electron chi connectivity index (χ1n) is 10.0. The van der Waals surface area contributed by atoms with Gasteiger partial charge < -0.3 is 15.2 Å². The summed E-state index contributed by atoms with van der Waals surface area (Å²) in [5, 5.41) is 4.42. The number of hydrogen-bond acceptors (Lipinski definition) is 7. The van der Waals surface area contributed by atoms with E-state index in [-0.39, 0.29) is 5.91 Å². The summed E-state index contributed by atoms with van der Waals surface area (Å²) in [7, 11) is 0. The second-order valence-electron chi connectivity index (χ2n) is 6.79. The number of carbonyl (C=O) groups excluding carboxylic acids is 1. The molecule has 0 radical (unpaired) electrons. The fraction of sp³-hybridized carbons (Fsp3) is 0.261. The Morgan fingerprint density at radius 3 is 2.65 bits per heavy atom. The molecule has 0 saturated carbocycles. The number of nitrogens with two attached hydrogens (primary N) is 1. The second kappa shape index (κ2) is 10.6. The van der Waals surface area contributed by atoms with E-state index in [4.69, 9.17) is 15.2 Å². The maximum atomic E-state index is 12.3. The highest BCUT2D eigenvalue weighted by Crippen LogP contribution is 2.29.